The number of nitrogens with zero attached hydrogens (tertiary/aromatic N) is 2. The molecule has 1 saturated carbocycles. The van der Waals surface area contributed by atoms with Crippen molar-refractivity contribution in [1.29, 1.82) is 0 Å². The Hall–Kier alpha value is -3.87. The minimum Gasteiger partial charge on any atom is -0.410 e. The maximum Gasteiger partial charge on any atom is 0.412 e. The van der Waals surface area contributed by atoms with Crippen molar-refractivity contribution in [2.45, 2.75) is 31.8 Å². The van der Waals surface area contributed by atoms with E-state index in [0.717, 1.165) is 53.0 Å². The predicted octanol–water partition coefficient (Wildman–Crippen LogP) is 4.72. The van der Waals surface area contributed by atoms with Crippen LogP contribution in [-0.2, 0) is 6.54 Å². The standard InChI is InChI=1S/C25H24N4O3/c1-29-22-14-20(16-6-3-2-4-7-16)23(28-21(22)15-26-24(29)30)17-10-12-19(13-11-17)32-25(31)27-18-8-5-9-18/h2-4,6-7,10-14,18H,5,8-9,15H2,1H3,(H,26,30)(H,27,31). The third kappa shape index (κ3) is 3.89. The van der Waals surface area contributed by atoms with Crippen molar-refractivity contribution >= 4 is 17.8 Å². The van der Waals surface area contributed by atoms with E-state index in [0.29, 0.717) is 12.3 Å². The number of carbonyl (C=O) groups excluding carboxylic acids is 2. The lowest BCUT2D eigenvalue weighted by molar-refractivity contribution is 0.188. The first-order chi connectivity index (χ1) is 15.6. The molecule has 0 saturated heterocycles. The van der Waals surface area contributed by atoms with Gasteiger partial charge in [-0.3, -0.25) is 4.90 Å². The van der Waals surface area contributed by atoms with E-state index in [-0.39, 0.29) is 12.1 Å². The summed E-state index contributed by atoms with van der Waals surface area (Å²) < 4.78 is 5.42. The van der Waals surface area contributed by atoms with Crippen molar-refractivity contribution in [3.8, 4) is 28.1 Å². The molecule has 1 fully saturated rings. The highest BCUT2D eigenvalue weighted by atomic mass is 16.6. The highest BCUT2D eigenvalue weighted by molar-refractivity contribution is 5.96. The number of nitrogens with one attached hydrogen (secondary N) is 2. The lowest BCUT2D eigenvalue weighted by atomic mass is 9.93. The van der Waals surface area contributed by atoms with Crippen molar-refractivity contribution in [1.82, 2.24) is 15.6 Å². The highest BCUT2D eigenvalue weighted by Crippen LogP contribution is 2.36. The van der Waals surface area contributed by atoms with Crippen LogP contribution in [0.1, 0.15) is 25.0 Å². The Morgan fingerprint density at radius 1 is 1.09 bits per heavy atom. The second-order valence-electron chi connectivity index (χ2n) is 8.12. The Morgan fingerprint density at radius 2 is 1.84 bits per heavy atom. The molecule has 0 bridgehead atoms. The SMILES string of the molecule is CN1C(=O)NCc2nc(-c3ccc(OC(=O)NC4CCC4)cc3)c(-c3ccccc3)cc21. The van der Waals surface area contributed by atoms with Gasteiger partial charge in [-0.25, -0.2) is 14.6 Å². The van der Waals surface area contributed by atoms with Crippen LogP contribution in [-0.4, -0.2) is 30.2 Å². The number of hydrogen-bond acceptors (Lipinski definition) is 4. The van der Waals surface area contributed by atoms with E-state index >= 15 is 0 Å². The normalized spacial score (nSPS) is 15.4. The van der Waals surface area contributed by atoms with Gasteiger partial charge in [0.05, 0.1) is 23.6 Å². The number of benzene rings is 2. The summed E-state index contributed by atoms with van der Waals surface area (Å²) in [4.78, 5) is 30.7. The zero-order chi connectivity index (χ0) is 22.1. The molecule has 162 valence electrons. The first kappa shape index (κ1) is 20.1. The van der Waals surface area contributed by atoms with Crippen molar-refractivity contribution in [3.63, 3.8) is 0 Å². The van der Waals surface area contributed by atoms with Gasteiger partial charge in [0.2, 0.25) is 0 Å². The van der Waals surface area contributed by atoms with Gasteiger partial charge in [0.25, 0.3) is 0 Å². The zero-order valence-corrected chi connectivity index (χ0v) is 17.8. The fourth-order valence-corrected chi connectivity index (χ4v) is 3.94. The van der Waals surface area contributed by atoms with Gasteiger partial charge in [-0.05, 0) is 55.2 Å². The smallest absolute Gasteiger partial charge is 0.410 e. The van der Waals surface area contributed by atoms with Crippen LogP contribution in [0.2, 0.25) is 0 Å². The molecule has 32 heavy (non-hydrogen) atoms. The molecule has 2 aromatic carbocycles. The third-order valence-corrected chi connectivity index (χ3v) is 6.00. The molecule has 0 atom stereocenters. The number of ether oxygens (including phenoxy) is 1. The third-order valence-electron chi connectivity index (χ3n) is 6.00. The summed E-state index contributed by atoms with van der Waals surface area (Å²) in [6.45, 7) is 0.378. The Labute approximate surface area is 186 Å². The number of carbonyl (C=O) groups is 2. The fraction of sp³-hybridized carbons (Fsp3) is 0.240. The summed E-state index contributed by atoms with van der Waals surface area (Å²) in [5.41, 5.74) is 5.26. The average molecular weight is 428 g/mol. The first-order valence-corrected chi connectivity index (χ1v) is 10.8. The van der Waals surface area contributed by atoms with E-state index in [9.17, 15) is 9.59 Å². The van der Waals surface area contributed by atoms with E-state index < -0.39 is 6.09 Å². The summed E-state index contributed by atoms with van der Waals surface area (Å²) in [6, 6.07) is 19.4. The van der Waals surface area contributed by atoms with Gasteiger partial charge in [-0.2, -0.15) is 0 Å². The van der Waals surface area contributed by atoms with Crippen LogP contribution in [0.25, 0.3) is 22.4 Å². The van der Waals surface area contributed by atoms with Crippen LogP contribution in [0.4, 0.5) is 15.3 Å². The number of amides is 3. The Kier molecular flexibility index (Phi) is 5.23. The van der Waals surface area contributed by atoms with Crippen molar-refractivity contribution < 1.29 is 14.3 Å². The van der Waals surface area contributed by atoms with Crippen molar-refractivity contribution in [3.05, 3.63) is 66.4 Å². The molecule has 1 aliphatic carbocycles. The topological polar surface area (TPSA) is 83.6 Å². The number of hydrogen-bond donors (Lipinski definition) is 2. The van der Waals surface area contributed by atoms with Gasteiger partial charge in [0, 0.05) is 24.2 Å². The number of aromatic nitrogens is 1. The van der Waals surface area contributed by atoms with Crippen LogP contribution in [0.5, 0.6) is 5.75 Å². The van der Waals surface area contributed by atoms with E-state index in [1.807, 2.05) is 48.5 Å². The Bertz CT molecular complexity index is 1160. The van der Waals surface area contributed by atoms with E-state index in [2.05, 4.69) is 10.6 Å². The van der Waals surface area contributed by atoms with E-state index in [1.54, 1.807) is 24.1 Å². The minimum atomic E-state index is -0.418. The van der Waals surface area contributed by atoms with Gasteiger partial charge < -0.3 is 15.4 Å². The summed E-state index contributed by atoms with van der Waals surface area (Å²) >= 11 is 0. The summed E-state index contributed by atoms with van der Waals surface area (Å²) in [5.74, 6) is 0.483. The molecule has 0 spiro atoms. The fourth-order valence-electron chi connectivity index (χ4n) is 3.94. The molecule has 1 aliphatic heterocycles. The van der Waals surface area contributed by atoms with Crippen LogP contribution in [0.3, 0.4) is 0 Å². The molecule has 0 radical (unpaired) electrons. The van der Waals surface area contributed by atoms with Crippen LogP contribution >= 0.6 is 0 Å². The molecule has 2 aliphatic rings. The molecule has 3 amide bonds. The lowest BCUT2D eigenvalue weighted by Crippen LogP contribution is -2.42. The molecular weight excluding hydrogens is 404 g/mol. The Balaban J connectivity index is 1.48. The van der Waals surface area contributed by atoms with Crippen LogP contribution in [0.15, 0.2) is 60.7 Å². The van der Waals surface area contributed by atoms with Crippen molar-refractivity contribution in [2.24, 2.45) is 0 Å². The molecule has 2 heterocycles. The minimum absolute atomic E-state index is 0.146. The largest absolute Gasteiger partial charge is 0.412 e. The molecule has 5 rings (SSSR count). The maximum atomic E-state index is 12.1. The zero-order valence-electron chi connectivity index (χ0n) is 17.8. The maximum absolute atomic E-state index is 12.1. The van der Waals surface area contributed by atoms with Gasteiger partial charge in [-0.15, -0.1) is 0 Å². The number of anilines is 1. The second-order valence-corrected chi connectivity index (χ2v) is 8.12. The second kappa shape index (κ2) is 8.34. The number of rotatable bonds is 4. The number of pyridine rings is 1. The van der Waals surface area contributed by atoms with Crippen LogP contribution in [0, 0.1) is 0 Å². The summed E-state index contributed by atoms with van der Waals surface area (Å²) in [7, 11) is 1.74. The van der Waals surface area contributed by atoms with Crippen LogP contribution < -0.4 is 20.3 Å². The van der Waals surface area contributed by atoms with E-state index in [1.165, 1.54) is 0 Å². The predicted molar refractivity (Wildman–Crippen MR) is 123 cm³/mol. The van der Waals surface area contributed by atoms with Gasteiger partial charge in [0.1, 0.15) is 5.75 Å². The first-order valence-electron chi connectivity index (χ1n) is 10.8. The average Bonchev–Trinajstić information content (AvgIpc) is 2.79. The van der Waals surface area contributed by atoms with Gasteiger partial charge in [-0.1, -0.05) is 30.3 Å². The number of fused-ring (bicyclic) bond motifs is 1. The summed E-state index contributed by atoms with van der Waals surface area (Å²) in [6.07, 6.45) is 2.75. The van der Waals surface area contributed by atoms with Gasteiger partial charge in [0.15, 0.2) is 0 Å². The Morgan fingerprint density at radius 3 is 2.53 bits per heavy atom. The molecule has 7 nitrogen and oxygen atoms in total. The molecule has 7 heteroatoms. The summed E-state index contributed by atoms with van der Waals surface area (Å²) in [5, 5.41) is 5.71. The van der Waals surface area contributed by atoms with E-state index in [4.69, 9.17) is 9.72 Å². The molecule has 1 aromatic heterocycles. The van der Waals surface area contributed by atoms with Gasteiger partial charge >= 0.3 is 12.1 Å². The molecular formula is C25H24N4O3. The van der Waals surface area contributed by atoms with Crippen molar-refractivity contribution in [2.75, 3.05) is 11.9 Å². The molecule has 2 N–H and O–H groups in total. The molecule has 3 aromatic rings. The quantitative estimate of drug-likeness (QED) is 0.630. The number of urea groups is 1. The molecule has 0 unspecified atom stereocenters. The lowest BCUT2D eigenvalue weighted by Gasteiger charge is -2.27. The monoisotopic (exact) mass is 428 g/mol. The highest BCUT2D eigenvalue weighted by Gasteiger charge is 2.25.